The molecule has 0 aliphatic rings. The standard InChI is InChI=1S/C8H9.C2H3.2Li/c1-2-8-6-4-3-5-7-8;1-2;;/h2-7H,1H3;1H,2H2;;. The maximum atomic E-state index is 3.36. The van der Waals surface area contributed by atoms with E-state index in [0.29, 0.717) is 4.59 Å². The van der Waals surface area contributed by atoms with Gasteiger partial charge in [-0.1, -0.05) is 0 Å². The van der Waals surface area contributed by atoms with Crippen molar-refractivity contribution < 1.29 is 0 Å². The Labute approximate surface area is 93.9 Å². The SMILES string of the molecule is [Li][CH](C)c1ccccc1.[Li][CH]=C. The van der Waals surface area contributed by atoms with Crippen molar-refractivity contribution in [3.8, 4) is 0 Å². The predicted octanol–water partition coefficient (Wildman–Crippen LogP) is 2.21. The first-order chi connectivity index (χ1) is 5.72. The molecular weight excluding hydrogens is 134 g/mol. The van der Waals surface area contributed by atoms with Crippen molar-refractivity contribution in [3.63, 3.8) is 0 Å². The maximum absolute atomic E-state index is 3.36. The molecule has 0 spiro atoms. The van der Waals surface area contributed by atoms with Crippen LogP contribution in [-0.2, 0) is 0 Å². The number of benzene rings is 1. The second-order valence-corrected chi connectivity index (χ2v) is 2.97. The second-order valence-electron chi connectivity index (χ2n) is 2.97. The molecule has 1 rings (SSSR count). The summed E-state index contributed by atoms with van der Waals surface area (Å²) < 4.78 is 2.41. The van der Waals surface area contributed by atoms with Crippen LogP contribution in [0.3, 0.4) is 0 Å². The molecule has 0 saturated carbocycles. The van der Waals surface area contributed by atoms with Gasteiger partial charge in [0.05, 0.1) is 0 Å². The normalized spacial score (nSPS) is 11.1. The van der Waals surface area contributed by atoms with Crippen LogP contribution in [0, 0.1) is 0 Å². The van der Waals surface area contributed by atoms with Crippen molar-refractivity contribution in [2.75, 3.05) is 0 Å². The van der Waals surface area contributed by atoms with Crippen LogP contribution >= 0.6 is 0 Å². The molecule has 0 aliphatic carbocycles. The summed E-state index contributed by atoms with van der Waals surface area (Å²) in [5.74, 6) is 0. The van der Waals surface area contributed by atoms with E-state index in [1.165, 1.54) is 5.56 Å². The third-order valence-electron chi connectivity index (χ3n) is 1.47. The molecule has 0 radical (unpaired) electrons. The van der Waals surface area contributed by atoms with Crippen molar-refractivity contribution in [1.82, 2.24) is 0 Å². The first-order valence-corrected chi connectivity index (χ1v) is 4.34. The molecule has 0 fully saturated rings. The average Bonchev–Trinajstić information content (AvgIpc) is 2.07. The molecule has 0 aromatic heterocycles. The molecule has 0 N–H and O–H groups in total. The number of hydrogen-bond donors (Lipinski definition) is 0. The zero-order valence-electron chi connectivity index (χ0n) is 8.25. The summed E-state index contributed by atoms with van der Waals surface area (Å²) >= 11 is 4.09. The van der Waals surface area contributed by atoms with Crippen LogP contribution in [-0.4, -0.2) is 35.4 Å². The Kier molecular flexibility index (Phi) is 7.89. The molecule has 0 nitrogen and oxygen atoms in total. The van der Waals surface area contributed by atoms with E-state index in [2.05, 4.69) is 55.5 Å². The van der Waals surface area contributed by atoms with Gasteiger partial charge in [-0.25, -0.2) is 0 Å². The quantitative estimate of drug-likeness (QED) is 0.533. The van der Waals surface area contributed by atoms with Gasteiger partial charge >= 0.3 is 94.2 Å². The third kappa shape index (κ3) is 5.76. The van der Waals surface area contributed by atoms with Crippen LogP contribution in [0.4, 0.5) is 0 Å². The third-order valence-corrected chi connectivity index (χ3v) is 1.47. The van der Waals surface area contributed by atoms with Gasteiger partial charge in [0.15, 0.2) is 0 Å². The molecule has 1 aromatic carbocycles. The van der Waals surface area contributed by atoms with Gasteiger partial charge < -0.3 is 0 Å². The summed E-state index contributed by atoms with van der Waals surface area (Å²) in [6.07, 6.45) is 0. The summed E-state index contributed by atoms with van der Waals surface area (Å²) in [5, 5.41) is 0. The molecule has 1 aromatic rings. The van der Waals surface area contributed by atoms with Gasteiger partial charge in [0.2, 0.25) is 0 Å². The fourth-order valence-corrected chi connectivity index (χ4v) is 0.838. The topological polar surface area (TPSA) is 0 Å². The fourth-order valence-electron chi connectivity index (χ4n) is 0.838. The average molecular weight is 146 g/mol. The molecular formula is C10H12Li2. The van der Waals surface area contributed by atoms with E-state index in [-0.39, 0.29) is 0 Å². The molecule has 1 unspecified atom stereocenters. The van der Waals surface area contributed by atoms with Gasteiger partial charge in [-0.3, -0.25) is 0 Å². The van der Waals surface area contributed by atoms with Crippen LogP contribution in [0.5, 0.6) is 0 Å². The van der Waals surface area contributed by atoms with Crippen molar-refractivity contribution >= 4 is 35.4 Å². The van der Waals surface area contributed by atoms with Crippen molar-refractivity contribution in [2.24, 2.45) is 0 Å². The van der Waals surface area contributed by atoms with E-state index < -0.39 is 0 Å². The van der Waals surface area contributed by atoms with Crippen molar-refractivity contribution in [1.29, 1.82) is 0 Å². The summed E-state index contributed by atoms with van der Waals surface area (Å²) in [6, 6.07) is 10.5. The second kappa shape index (κ2) is 7.79. The van der Waals surface area contributed by atoms with Crippen LogP contribution < -0.4 is 0 Å². The Morgan fingerprint density at radius 2 is 1.75 bits per heavy atom. The minimum atomic E-state index is 0.659. The molecule has 0 bridgehead atoms. The number of hydrogen-bond acceptors (Lipinski definition) is 0. The Bertz CT molecular complexity index is 204. The van der Waals surface area contributed by atoms with Gasteiger partial charge in [0.1, 0.15) is 0 Å². The van der Waals surface area contributed by atoms with Crippen LogP contribution in [0.1, 0.15) is 17.1 Å². The van der Waals surface area contributed by atoms with Gasteiger partial charge in [0.25, 0.3) is 0 Å². The Morgan fingerprint density at radius 3 is 2.00 bits per heavy atom. The van der Waals surface area contributed by atoms with Gasteiger partial charge in [-0.2, -0.15) is 0 Å². The van der Waals surface area contributed by atoms with E-state index in [1.807, 2.05) is 23.8 Å². The monoisotopic (exact) mass is 146 g/mol. The Morgan fingerprint density at radius 1 is 1.33 bits per heavy atom. The fraction of sp³-hybridized carbons (Fsp3) is 0.200. The van der Waals surface area contributed by atoms with E-state index >= 15 is 0 Å². The molecule has 0 saturated heterocycles. The van der Waals surface area contributed by atoms with E-state index in [1.54, 1.807) is 4.75 Å². The van der Waals surface area contributed by atoms with Crippen LogP contribution in [0.25, 0.3) is 0 Å². The number of rotatable bonds is 1. The molecule has 0 heterocycles. The molecule has 0 amide bonds. The molecule has 2 heteroatoms. The van der Waals surface area contributed by atoms with Crippen LogP contribution in [0.15, 0.2) is 41.7 Å². The first kappa shape index (κ1) is 12.2. The van der Waals surface area contributed by atoms with Crippen LogP contribution in [0.2, 0.25) is 0 Å². The zero-order chi connectivity index (χ0) is 9.40. The van der Waals surface area contributed by atoms with Gasteiger partial charge in [-0.15, -0.1) is 0 Å². The molecule has 1 atom stereocenters. The van der Waals surface area contributed by atoms with E-state index in [4.69, 9.17) is 0 Å². The summed E-state index contributed by atoms with van der Waals surface area (Å²) in [4.78, 5) is 0. The zero-order valence-corrected chi connectivity index (χ0v) is 8.25. The Hall–Kier alpha value is 0.155. The molecule has 12 heavy (non-hydrogen) atoms. The van der Waals surface area contributed by atoms with E-state index in [0.717, 1.165) is 0 Å². The first-order valence-electron chi connectivity index (χ1n) is 4.34. The Balaban J connectivity index is 0.000000354. The summed E-state index contributed by atoms with van der Waals surface area (Å²) in [6.45, 7) is 5.56. The van der Waals surface area contributed by atoms with Crippen molar-refractivity contribution in [2.45, 2.75) is 11.5 Å². The van der Waals surface area contributed by atoms with E-state index in [9.17, 15) is 0 Å². The molecule has 0 aliphatic heterocycles. The summed E-state index contributed by atoms with van der Waals surface area (Å²) in [7, 11) is 0. The van der Waals surface area contributed by atoms with Gasteiger partial charge in [0, 0.05) is 0 Å². The van der Waals surface area contributed by atoms with Crippen molar-refractivity contribution in [3.05, 3.63) is 47.2 Å². The summed E-state index contributed by atoms with van der Waals surface area (Å²) in [5.41, 5.74) is 1.41. The molecule has 54 valence electrons. The van der Waals surface area contributed by atoms with Gasteiger partial charge in [-0.05, 0) is 0 Å². The predicted molar refractivity (Wildman–Crippen MR) is 56.6 cm³/mol. The minimum absolute atomic E-state index is 0.659.